The molecule has 1 aliphatic rings. The maximum Gasteiger partial charge on any atom is 0.274 e. The van der Waals surface area contributed by atoms with Crippen LogP contribution in [0.15, 0.2) is 58.9 Å². The number of anilines is 1. The van der Waals surface area contributed by atoms with Gasteiger partial charge in [-0.05, 0) is 65.7 Å². The molecule has 1 amide bonds. The number of ether oxygens (including phenoxy) is 7. The van der Waals surface area contributed by atoms with E-state index < -0.39 is 17.4 Å². The third kappa shape index (κ3) is 6.19. The molecule has 0 radical (unpaired) electrons. The number of carbonyl (C=O) groups excluding carboxylic acids is 1. The summed E-state index contributed by atoms with van der Waals surface area (Å²) in [5.74, 6) is 0.935. The van der Waals surface area contributed by atoms with E-state index in [2.05, 4.69) is 11.4 Å². The van der Waals surface area contributed by atoms with E-state index in [9.17, 15) is 14.9 Å². The fraction of sp³-hybridized carbons (Fsp3) is 0.229. The highest BCUT2D eigenvalue weighted by molar-refractivity contribution is 7.07. The molecule has 3 aromatic carbocycles. The molecule has 3 N–H and O–H groups in total. The Labute approximate surface area is 285 Å². The number of fused-ring (bicyclic) bond motifs is 1. The van der Waals surface area contributed by atoms with E-state index in [1.807, 2.05) is 0 Å². The molecule has 2 heterocycles. The lowest BCUT2D eigenvalue weighted by atomic mass is 9.83. The minimum Gasteiger partial charge on any atom is -0.497 e. The number of nitriles is 1. The lowest BCUT2D eigenvalue weighted by molar-refractivity contribution is -0.111. The minimum atomic E-state index is -1.04. The van der Waals surface area contributed by atoms with Crippen LogP contribution in [0.25, 0.3) is 17.5 Å². The van der Waals surface area contributed by atoms with Gasteiger partial charge in [-0.2, -0.15) is 5.26 Å². The molecule has 1 atom stereocenters. The summed E-state index contributed by atoms with van der Waals surface area (Å²) in [6, 6.07) is 15.5. The predicted molar refractivity (Wildman–Crippen MR) is 184 cm³/mol. The number of carbonyl (C=O) groups is 1. The molecular weight excluding hydrogens is 652 g/mol. The summed E-state index contributed by atoms with van der Waals surface area (Å²) in [7, 11) is 10.4. The summed E-state index contributed by atoms with van der Waals surface area (Å²) in [5.41, 5.74) is 7.61. The second kappa shape index (κ2) is 14.4. The van der Waals surface area contributed by atoms with Crippen LogP contribution in [0, 0.1) is 11.3 Å². The van der Waals surface area contributed by atoms with Gasteiger partial charge in [-0.3, -0.25) is 14.2 Å². The molecule has 1 aromatic heterocycles. The number of hydrogen-bond donors (Lipinski definition) is 2. The Kier molecular flexibility index (Phi) is 10.0. The first-order chi connectivity index (χ1) is 23.7. The van der Waals surface area contributed by atoms with Crippen LogP contribution in [-0.4, -0.2) is 60.2 Å². The maximum atomic E-state index is 14.4. The molecule has 0 saturated carbocycles. The van der Waals surface area contributed by atoms with Crippen LogP contribution in [0.3, 0.4) is 0 Å². The van der Waals surface area contributed by atoms with Crippen LogP contribution in [0.4, 0.5) is 5.69 Å². The Morgan fingerprint density at radius 1 is 0.837 bits per heavy atom. The van der Waals surface area contributed by atoms with Gasteiger partial charge in [0.15, 0.2) is 23.0 Å². The van der Waals surface area contributed by atoms with Crippen molar-refractivity contribution < 1.29 is 38.0 Å². The summed E-state index contributed by atoms with van der Waals surface area (Å²) in [5, 5.41) is 13.4. The topological polar surface area (TPSA) is 166 Å². The average Bonchev–Trinajstić information content (AvgIpc) is 3.45. The van der Waals surface area contributed by atoms with Crippen molar-refractivity contribution in [2.75, 3.05) is 55.1 Å². The molecule has 1 aliphatic heterocycles. The summed E-state index contributed by atoms with van der Waals surface area (Å²) >= 11 is 1.04. The van der Waals surface area contributed by atoms with E-state index in [0.29, 0.717) is 57.1 Å². The Balaban J connectivity index is 1.84. The maximum absolute atomic E-state index is 14.4. The van der Waals surface area contributed by atoms with E-state index in [1.165, 1.54) is 54.3 Å². The smallest absolute Gasteiger partial charge is 0.274 e. The van der Waals surface area contributed by atoms with Crippen LogP contribution in [-0.2, 0) is 4.79 Å². The summed E-state index contributed by atoms with van der Waals surface area (Å²) < 4.78 is 40.0. The third-order valence-corrected chi connectivity index (χ3v) is 8.97. The monoisotopic (exact) mass is 686 g/mol. The standard InChI is InChI=1S/C35H34N4O9S/c1-42-21-10-8-20(9-11-21)38-33(40)29-28(19-15-25(45-4)31(48-7)26(16-19)46-5)22(17-36)32(37)39-34(41)27(49-35(29)39)14-18-12-23(43-2)30(47-6)24(13-18)44-3/h8-16,28H,37H2,1-7H3,(H,38,40)/b27-14-. The van der Waals surface area contributed by atoms with Gasteiger partial charge >= 0.3 is 0 Å². The van der Waals surface area contributed by atoms with Gasteiger partial charge in [-0.15, -0.1) is 11.3 Å². The van der Waals surface area contributed by atoms with Gasteiger partial charge < -0.3 is 44.2 Å². The van der Waals surface area contributed by atoms with Crippen LogP contribution in [0.2, 0.25) is 0 Å². The molecule has 0 spiro atoms. The number of benzene rings is 3. The van der Waals surface area contributed by atoms with Crippen molar-refractivity contribution in [3.8, 4) is 46.3 Å². The molecule has 1 unspecified atom stereocenters. The number of methoxy groups -OCH3 is 7. The second-order valence-electron chi connectivity index (χ2n) is 10.4. The number of hydrogen-bond acceptors (Lipinski definition) is 12. The van der Waals surface area contributed by atoms with Crippen LogP contribution < -0.4 is 59.0 Å². The quantitative estimate of drug-likeness (QED) is 0.238. The summed E-state index contributed by atoms with van der Waals surface area (Å²) in [4.78, 5) is 28.4. The number of nitrogens with zero attached hydrogens (tertiary/aromatic N) is 2. The lowest BCUT2D eigenvalue weighted by Crippen LogP contribution is -2.40. The molecule has 0 fully saturated rings. The average molecular weight is 687 g/mol. The molecule has 49 heavy (non-hydrogen) atoms. The van der Waals surface area contributed by atoms with Gasteiger partial charge in [0.05, 0.1) is 77.4 Å². The first kappa shape index (κ1) is 34.3. The normalized spacial score (nSPS) is 14.0. The number of nitrogens with one attached hydrogen (secondary N) is 1. The number of amides is 1. The van der Waals surface area contributed by atoms with Gasteiger partial charge in [0.2, 0.25) is 11.5 Å². The highest BCUT2D eigenvalue weighted by atomic mass is 32.1. The predicted octanol–water partition coefficient (Wildman–Crippen LogP) is 3.04. The van der Waals surface area contributed by atoms with Gasteiger partial charge in [0, 0.05) is 5.69 Å². The van der Waals surface area contributed by atoms with Crippen molar-refractivity contribution >= 4 is 40.4 Å². The summed E-state index contributed by atoms with van der Waals surface area (Å²) in [6.07, 6.45) is 1.62. The molecule has 14 heteroatoms. The zero-order valence-electron chi connectivity index (χ0n) is 27.8. The summed E-state index contributed by atoms with van der Waals surface area (Å²) in [6.45, 7) is 0. The number of thiazole rings is 1. The van der Waals surface area contributed by atoms with Crippen molar-refractivity contribution in [2.24, 2.45) is 5.73 Å². The number of nitrogens with two attached hydrogens (primary N) is 1. The molecule has 5 rings (SSSR count). The van der Waals surface area contributed by atoms with E-state index in [4.69, 9.17) is 38.9 Å². The van der Waals surface area contributed by atoms with Gasteiger partial charge in [0.1, 0.15) is 16.2 Å². The van der Waals surface area contributed by atoms with Gasteiger partial charge in [-0.1, -0.05) is 0 Å². The second-order valence-corrected chi connectivity index (χ2v) is 11.4. The number of aromatic nitrogens is 1. The Bertz CT molecular complexity index is 2130. The van der Waals surface area contributed by atoms with E-state index in [0.717, 1.165) is 11.3 Å². The SMILES string of the molecule is COc1ccc(NC(=O)C2=c3s/c(=C\c4cc(OC)c(OC)c(OC)c4)c(=O)n3C(N)=C(C#N)C2c2cc(OC)c(OC)c(OC)c2)cc1. The molecule has 254 valence electrons. The fourth-order valence-electron chi connectivity index (χ4n) is 5.58. The lowest BCUT2D eigenvalue weighted by Gasteiger charge is -2.26. The third-order valence-electron chi connectivity index (χ3n) is 7.87. The molecule has 0 saturated heterocycles. The van der Waals surface area contributed by atoms with Crippen molar-refractivity contribution in [2.45, 2.75) is 5.92 Å². The van der Waals surface area contributed by atoms with Crippen molar-refractivity contribution in [1.82, 2.24) is 4.57 Å². The minimum absolute atomic E-state index is 0.0270. The molecule has 0 bridgehead atoms. The zero-order chi connectivity index (χ0) is 35.4. The molecular formula is C35H34N4O9S. The Morgan fingerprint density at radius 3 is 1.84 bits per heavy atom. The number of rotatable bonds is 11. The van der Waals surface area contributed by atoms with Crippen molar-refractivity contribution in [1.29, 1.82) is 5.26 Å². The van der Waals surface area contributed by atoms with Crippen molar-refractivity contribution in [3.05, 3.63) is 84.8 Å². The zero-order valence-corrected chi connectivity index (χ0v) is 28.6. The molecule has 0 aliphatic carbocycles. The van der Waals surface area contributed by atoms with Crippen LogP contribution in [0.1, 0.15) is 17.0 Å². The largest absolute Gasteiger partial charge is 0.497 e. The Hall–Kier alpha value is -6.07. The Morgan fingerprint density at radius 2 is 1.37 bits per heavy atom. The first-order valence-electron chi connectivity index (χ1n) is 14.6. The van der Waals surface area contributed by atoms with Crippen LogP contribution in [0.5, 0.6) is 40.2 Å². The van der Waals surface area contributed by atoms with E-state index in [1.54, 1.807) is 54.6 Å². The fourth-order valence-corrected chi connectivity index (χ4v) is 6.75. The van der Waals surface area contributed by atoms with Crippen LogP contribution >= 0.6 is 11.3 Å². The molecule has 4 aromatic rings. The van der Waals surface area contributed by atoms with Gasteiger partial charge in [-0.25, -0.2) is 0 Å². The first-order valence-corrected chi connectivity index (χ1v) is 15.4. The molecule has 13 nitrogen and oxygen atoms in total. The van der Waals surface area contributed by atoms with Crippen molar-refractivity contribution in [3.63, 3.8) is 0 Å². The van der Waals surface area contributed by atoms with E-state index in [-0.39, 0.29) is 26.2 Å². The highest BCUT2D eigenvalue weighted by Gasteiger charge is 2.37. The van der Waals surface area contributed by atoms with E-state index >= 15 is 0 Å². The number of allylic oxidation sites excluding steroid dienone is 1. The highest BCUT2D eigenvalue weighted by Crippen LogP contribution is 2.45. The van der Waals surface area contributed by atoms with Gasteiger partial charge in [0.25, 0.3) is 11.5 Å².